The van der Waals surface area contributed by atoms with Crippen LogP contribution < -0.4 is 4.90 Å². The topological polar surface area (TPSA) is 30.7 Å². The van der Waals surface area contributed by atoms with Crippen LogP contribution in [0.2, 0.25) is 0 Å². The number of carbonyl (C=O) groups is 1. The SMILES string of the molecule is C[NH+]1CCCC1CCOC(=O)C(Br)Br. The van der Waals surface area contributed by atoms with Gasteiger partial charge in [-0.1, -0.05) is 31.9 Å². The molecule has 1 aliphatic heterocycles. The lowest BCUT2D eigenvalue weighted by Gasteiger charge is -2.16. The largest absolute Gasteiger partial charge is 0.464 e. The second-order valence-electron chi connectivity index (χ2n) is 3.69. The van der Waals surface area contributed by atoms with Crippen LogP contribution in [-0.4, -0.2) is 35.9 Å². The molecule has 0 aromatic rings. The summed E-state index contributed by atoms with van der Waals surface area (Å²) in [4.78, 5) is 12.6. The summed E-state index contributed by atoms with van der Waals surface area (Å²) in [5, 5.41) is 0. The highest BCUT2D eigenvalue weighted by atomic mass is 79.9. The van der Waals surface area contributed by atoms with Crippen molar-refractivity contribution in [2.24, 2.45) is 0 Å². The maximum absolute atomic E-state index is 11.1. The highest BCUT2D eigenvalue weighted by Gasteiger charge is 2.25. The quantitative estimate of drug-likeness (QED) is 0.608. The molecule has 0 aromatic carbocycles. The molecule has 14 heavy (non-hydrogen) atoms. The lowest BCUT2D eigenvalue weighted by Crippen LogP contribution is -3.10. The second kappa shape index (κ2) is 6.08. The van der Waals surface area contributed by atoms with Crippen molar-refractivity contribution in [2.45, 2.75) is 29.0 Å². The molecule has 0 aromatic heterocycles. The van der Waals surface area contributed by atoms with Crippen molar-refractivity contribution in [3.63, 3.8) is 0 Å². The van der Waals surface area contributed by atoms with Crippen molar-refractivity contribution in [1.29, 1.82) is 0 Å². The van der Waals surface area contributed by atoms with Crippen LogP contribution in [-0.2, 0) is 9.53 Å². The Morgan fingerprint density at radius 1 is 1.64 bits per heavy atom. The van der Waals surface area contributed by atoms with E-state index in [0.29, 0.717) is 12.6 Å². The average molecular weight is 330 g/mol. The van der Waals surface area contributed by atoms with E-state index in [1.54, 1.807) is 4.90 Å². The van der Waals surface area contributed by atoms with Crippen LogP contribution in [0.3, 0.4) is 0 Å². The zero-order chi connectivity index (χ0) is 10.6. The number of ether oxygens (including phenoxy) is 1. The first kappa shape index (κ1) is 12.5. The van der Waals surface area contributed by atoms with E-state index in [-0.39, 0.29) is 9.71 Å². The fourth-order valence-corrected chi connectivity index (χ4v) is 2.10. The number of likely N-dealkylation sites (tertiary alicyclic amines) is 1. The van der Waals surface area contributed by atoms with Crippen molar-refractivity contribution < 1.29 is 14.4 Å². The third kappa shape index (κ3) is 3.87. The Labute approximate surface area is 101 Å². The summed E-state index contributed by atoms with van der Waals surface area (Å²) in [6, 6.07) is 0.673. The molecular weight excluding hydrogens is 314 g/mol. The van der Waals surface area contributed by atoms with Crippen LogP contribution in [0.25, 0.3) is 0 Å². The van der Waals surface area contributed by atoms with E-state index in [9.17, 15) is 4.79 Å². The molecule has 0 saturated carbocycles. The van der Waals surface area contributed by atoms with E-state index in [1.807, 2.05) is 0 Å². The number of esters is 1. The fourth-order valence-electron chi connectivity index (χ4n) is 1.83. The number of carbonyl (C=O) groups excluding carboxylic acids is 1. The monoisotopic (exact) mass is 328 g/mol. The van der Waals surface area contributed by atoms with Crippen LogP contribution in [0.5, 0.6) is 0 Å². The van der Waals surface area contributed by atoms with Crippen molar-refractivity contribution in [1.82, 2.24) is 0 Å². The van der Waals surface area contributed by atoms with Gasteiger partial charge in [0, 0.05) is 19.3 Å². The van der Waals surface area contributed by atoms with E-state index in [1.165, 1.54) is 19.4 Å². The van der Waals surface area contributed by atoms with Gasteiger partial charge in [0.25, 0.3) is 0 Å². The van der Waals surface area contributed by atoms with Crippen molar-refractivity contribution in [3.05, 3.63) is 0 Å². The molecule has 0 spiro atoms. The van der Waals surface area contributed by atoms with Crippen LogP contribution in [0.4, 0.5) is 0 Å². The van der Waals surface area contributed by atoms with Gasteiger partial charge in [0.05, 0.1) is 26.2 Å². The highest BCUT2D eigenvalue weighted by molar-refractivity contribution is 9.25. The van der Waals surface area contributed by atoms with E-state index in [0.717, 1.165) is 6.42 Å². The summed E-state index contributed by atoms with van der Waals surface area (Å²) in [6.07, 6.45) is 3.53. The first-order chi connectivity index (χ1) is 6.61. The van der Waals surface area contributed by atoms with Crippen molar-refractivity contribution >= 4 is 37.8 Å². The van der Waals surface area contributed by atoms with Crippen molar-refractivity contribution in [3.8, 4) is 0 Å². The number of rotatable bonds is 4. The van der Waals surface area contributed by atoms with Gasteiger partial charge < -0.3 is 9.64 Å². The highest BCUT2D eigenvalue weighted by Crippen LogP contribution is 2.10. The Kier molecular flexibility index (Phi) is 5.41. The summed E-state index contributed by atoms with van der Waals surface area (Å²) in [6.45, 7) is 1.78. The standard InChI is InChI=1S/C9H15Br2NO2/c1-12-5-2-3-7(12)4-6-14-9(13)8(10)11/h7-8H,2-6H2,1H3/p+1. The van der Waals surface area contributed by atoms with Gasteiger partial charge in [0.2, 0.25) is 0 Å². The Morgan fingerprint density at radius 3 is 2.86 bits per heavy atom. The minimum absolute atomic E-state index is 0.236. The first-order valence-electron chi connectivity index (χ1n) is 4.88. The molecule has 0 bridgehead atoms. The van der Waals surface area contributed by atoms with E-state index in [4.69, 9.17) is 4.74 Å². The first-order valence-corrected chi connectivity index (χ1v) is 6.71. The molecule has 1 fully saturated rings. The number of quaternary nitrogens is 1. The van der Waals surface area contributed by atoms with Gasteiger partial charge in [-0.2, -0.15) is 0 Å². The van der Waals surface area contributed by atoms with Gasteiger partial charge in [0.1, 0.15) is 0 Å². The molecule has 0 radical (unpaired) electrons. The Hall–Kier alpha value is 0.390. The summed E-state index contributed by atoms with van der Waals surface area (Å²) in [5.41, 5.74) is 0. The fraction of sp³-hybridized carbons (Fsp3) is 0.889. The zero-order valence-corrected chi connectivity index (χ0v) is 11.4. The lowest BCUT2D eigenvalue weighted by atomic mass is 10.1. The van der Waals surface area contributed by atoms with Gasteiger partial charge in [-0.05, 0) is 0 Å². The zero-order valence-electron chi connectivity index (χ0n) is 8.26. The molecule has 1 rings (SSSR count). The molecule has 0 aliphatic carbocycles. The Bertz CT molecular complexity index is 199. The van der Waals surface area contributed by atoms with Crippen LogP contribution in [0, 0.1) is 0 Å². The normalized spacial score (nSPS) is 26.9. The van der Waals surface area contributed by atoms with E-state index in [2.05, 4.69) is 38.9 Å². The Balaban J connectivity index is 2.12. The molecule has 1 N–H and O–H groups in total. The van der Waals surface area contributed by atoms with Gasteiger partial charge in [-0.3, -0.25) is 0 Å². The molecule has 0 amide bonds. The molecule has 1 heterocycles. The maximum Gasteiger partial charge on any atom is 0.330 e. The smallest absolute Gasteiger partial charge is 0.330 e. The lowest BCUT2D eigenvalue weighted by molar-refractivity contribution is -0.892. The minimum Gasteiger partial charge on any atom is -0.464 e. The molecule has 1 aliphatic rings. The molecule has 5 heteroatoms. The van der Waals surface area contributed by atoms with Crippen LogP contribution in [0.1, 0.15) is 19.3 Å². The molecule has 82 valence electrons. The summed E-state index contributed by atoms with van der Waals surface area (Å²) >= 11 is 6.20. The van der Waals surface area contributed by atoms with Gasteiger partial charge in [-0.15, -0.1) is 0 Å². The third-order valence-corrected chi connectivity index (χ3v) is 3.46. The average Bonchev–Trinajstić information content (AvgIpc) is 2.51. The Morgan fingerprint density at radius 2 is 2.36 bits per heavy atom. The van der Waals surface area contributed by atoms with Gasteiger partial charge in [0.15, 0.2) is 3.74 Å². The molecule has 2 atom stereocenters. The minimum atomic E-state index is -0.372. The van der Waals surface area contributed by atoms with Crippen molar-refractivity contribution in [2.75, 3.05) is 20.2 Å². The predicted octanol–water partition coefficient (Wildman–Crippen LogP) is 0.713. The molecule has 3 nitrogen and oxygen atoms in total. The number of alkyl halides is 2. The molecule has 2 unspecified atom stereocenters. The predicted molar refractivity (Wildman–Crippen MR) is 62.0 cm³/mol. The summed E-state index contributed by atoms with van der Waals surface area (Å²) in [7, 11) is 2.21. The third-order valence-electron chi connectivity index (χ3n) is 2.71. The van der Waals surface area contributed by atoms with Gasteiger partial charge in [-0.25, -0.2) is 4.79 Å². The number of hydrogen-bond acceptors (Lipinski definition) is 2. The maximum atomic E-state index is 11.1. The summed E-state index contributed by atoms with van der Waals surface area (Å²) < 4.78 is 4.70. The van der Waals surface area contributed by atoms with Gasteiger partial charge >= 0.3 is 5.97 Å². The van der Waals surface area contributed by atoms with Crippen LogP contribution in [0.15, 0.2) is 0 Å². The number of hydrogen-bond donors (Lipinski definition) is 1. The van der Waals surface area contributed by atoms with E-state index >= 15 is 0 Å². The number of nitrogens with one attached hydrogen (secondary N) is 1. The summed E-state index contributed by atoms with van der Waals surface area (Å²) in [5.74, 6) is -0.236. The second-order valence-corrected chi connectivity index (χ2v) is 6.75. The molecular formula is C9H16Br2NO2+. The van der Waals surface area contributed by atoms with Crippen LogP contribution >= 0.6 is 31.9 Å². The molecule has 1 saturated heterocycles. The number of halogens is 2. The van der Waals surface area contributed by atoms with E-state index < -0.39 is 0 Å².